The van der Waals surface area contributed by atoms with E-state index in [1.54, 1.807) is 25.2 Å². The third-order valence-electron chi connectivity index (χ3n) is 12.0. The predicted octanol–water partition coefficient (Wildman–Crippen LogP) is 5.83. The van der Waals surface area contributed by atoms with E-state index in [-0.39, 0.29) is 29.7 Å². The van der Waals surface area contributed by atoms with Gasteiger partial charge < -0.3 is 24.6 Å². The number of rotatable bonds is 9. The minimum atomic E-state index is -0.234. The van der Waals surface area contributed by atoms with Crippen molar-refractivity contribution in [3.8, 4) is 0 Å². The first kappa shape index (κ1) is 35.2. The lowest BCUT2D eigenvalue weighted by Gasteiger charge is -2.42. The first-order valence-electron chi connectivity index (χ1n) is 19.5. The Morgan fingerprint density at radius 2 is 1.62 bits per heavy atom. The molecule has 1 atom stereocenters. The maximum atomic E-state index is 13.1. The van der Waals surface area contributed by atoms with E-state index < -0.39 is 0 Å². The quantitative estimate of drug-likeness (QED) is 0.206. The molecule has 2 N–H and O–H groups in total. The van der Waals surface area contributed by atoms with Gasteiger partial charge in [-0.3, -0.25) is 19.7 Å². The molecule has 3 aromatic heterocycles. The Hall–Kier alpha value is -4.84. The number of hydrogen-bond acceptors (Lipinski definition) is 9. The van der Waals surface area contributed by atoms with Gasteiger partial charge in [-0.1, -0.05) is 31.0 Å². The number of carbonyl (C=O) groups excluding carboxylic acids is 3. The van der Waals surface area contributed by atoms with Crippen molar-refractivity contribution >= 4 is 46.2 Å². The summed E-state index contributed by atoms with van der Waals surface area (Å²) in [5.41, 5.74) is 4.93. The molecule has 1 saturated carbocycles. The van der Waals surface area contributed by atoms with Gasteiger partial charge in [0.25, 0.3) is 5.91 Å². The predicted molar refractivity (Wildman–Crippen MR) is 205 cm³/mol. The average Bonchev–Trinajstić information content (AvgIpc) is 3.84. The molecule has 4 aromatic rings. The highest BCUT2D eigenvalue weighted by Crippen LogP contribution is 2.35. The number of nitrogens with one attached hydrogen (secondary N) is 2. The molecule has 0 radical (unpaired) electrons. The molecule has 278 valence electrons. The van der Waals surface area contributed by atoms with E-state index in [0.717, 1.165) is 74.9 Å². The molecule has 12 nitrogen and oxygen atoms in total. The normalized spacial score (nSPS) is 20.9. The second-order valence-corrected chi connectivity index (χ2v) is 15.7. The second-order valence-electron chi connectivity index (χ2n) is 15.7. The highest BCUT2D eigenvalue weighted by molar-refractivity contribution is 6.01. The fourth-order valence-corrected chi connectivity index (χ4v) is 9.00. The van der Waals surface area contributed by atoms with Crippen LogP contribution in [0, 0.1) is 5.92 Å². The largest absolute Gasteiger partial charge is 0.371 e. The number of piperidine rings is 3. The van der Waals surface area contributed by atoms with E-state index in [0.29, 0.717) is 42.3 Å². The second kappa shape index (κ2) is 15.3. The number of amides is 3. The van der Waals surface area contributed by atoms with Crippen LogP contribution in [0.1, 0.15) is 97.8 Å². The van der Waals surface area contributed by atoms with Gasteiger partial charge in [-0.05, 0) is 106 Å². The van der Waals surface area contributed by atoms with E-state index in [1.165, 1.54) is 36.9 Å². The zero-order chi connectivity index (χ0) is 36.5. The summed E-state index contributed by atoms with van der Waals surface area (Å²) in [6.45, 7) is 4.37. The molecule has 0 spiro atoms. The van der Waals surface area contributed by atoms with Gasteiger partial charge in [0.05, 0.1) is 5.92 Å². The van der Waals surface area contributed by atoms with E-state index in [4.69, 9.17) is 9.97 Å². The van der Waals surface area contributed by atoms with Crippen LogP contribution in [0.15, 0.2) is 54.9 Å². The number of anilines is 3. The van der Waals surface area contributed by atoms with Crippen molar-refractivity contribution in [1.29, 1.82) is 0 Å². The van der Waals surface area contributed by atoms with Crippen LogP contribution in [-0.2, 0) is 16.0 Å². The lowest BCUT2D eigenvalue weighted by atomic mass is 9.89. The third kappa shape index (κ3) is 7.65. The van der Waals surface area contributed by atoms with Crippen LogP contribution in [-0.4, -0.2) is 93.4 Å². The summed E-state index contributed by atoms with van der Waals surface area (Å²) in [7, 11) is 3.58. The molecule has 8 rings (SSSR count). The smallest absolute Gasteiger partial charge is 0.270 e. The molecule has 4 fully saturated rings. The van der Waals surface area contributed by atoms with Gasteiger partial charge in [0.15, 0.2) is 0 Å². The van der Waals surface area contributed by atoms with E-state index in [9.17, 15) is 14.4 Å². The Labute approximate surface area is 311 Å². The van der Waals surface area contributed by atoms with Gasteiger partial charge >= 0.3 is 0 Å². The van der Waals surface area contributed by atoms with Crippen molar-refractivity contribution in [2.75, 3.05) is 50.5 Å². The number of fused-ring (bicyclic) bond motifs is 1. The Morgan fingerprint density at radius 3 is 2.30 bits per heavy atom. The minimum Gasteiger partial charge on any atom is -0.371 e. The van der Waals surface area contributed by atoms with Crippen molar-refractivity contribution in [3.05, 3.63) is 71.7 Å². The lowest BCUT2D eigenvalue weighted by molar-refractivity contribution is -0.134. The van der Waals surface area contributed by atoms with Crippen LogP contribution >= 0.6 is 0 Å². The standard InChI is InChI=1S/C41H51N9O3/c1-47(2)40(53)35-24-30-26-43-41(46-38(30)50(35)33-5-3-4-6-33)44-36-13-7-28(25-42-36)23-27-15-19-48(20-16-27)32-17-21-49(22-18-32)31-10-8-29(9-11-31)34-12-14-37(51)45-39(34)52/h7-11,13,24-27,32-34H,3-6,12,14-23H2,1-2H3,(H,45,51,52)(H,42,43,44,46). The maximum absolute atomic E-state index is 13.1. The first-order valence-corrected chi connectivity index (χ1v) is 19.5. The molecule has 0 bridgehead atoms. The van der Waals surface area contributed by atoms with Crippen molar-refractivity contribution in [2.24, 2.45) is 5.92 Å². The molecule has 3 amide bonds. The van der Waals surface area contributed by atoms with Crippen LogP contribution in [0.25, 0.3) is 11.0 Å². The number of nitrogens with zero attached hydrogens (tertiary/aromatic N) is 7. The molecule has 1 aromatic carbocycles. The molecular formula is C41H51N9O3. The van der Waals surface area contributed by atoms with E-state index in [2.05, 4.69) is 60.3 Å². The number of benzene rings is 1. The van der Waals surface area contributed by atoms with Gasteiger partial charge in [0.2, 0.25) is 17.8 Å². The summed E-state index contributed by atoms with van der Waals surface area (Å²) in [4.78, 5) is 57.9. The number of imide groups is 1. The van der Waals surface area contributed by atoms with Gasteiger partial charge in [-0.25, -0.2) is 9.97 Å². The molecular weight excluding hydrogens is 667 g/mol. The van der Waals surface area contributed by atoms with Crippen LogP contribution in [0.3, 0.4) is 0 Å². The molecule has 53 heavy (non-hydrogen) atoms. The Kier molecular flexibility index (Phi) is 10.1. The highest BCUT2D eigenvalue weighted by Gasteiger charge is 2.31. The zero-order valence-electron chi connectivity index (χ0n) is 31.0. The Morgan fingerprint density at radius 1 is 0.868 bits per heavy atom. The maximum Gasteiger partial charge on any atom is 0.270 e. The summed E-state index contributed by atoms with van der Waals surface area (Å²) in [6, 6.07) is 15.4. The minimum absolute atomic E-state index is 0.0118. The van der Waals surface area contributed by atoms with Gasteiger partial charge in [0, 0.05) is 69.2 Å². The SMILES string of the molecule is CN(C)C(=O)c1cc2cnc(Nc3ccc(CC4CCN(C5CCN(c6ccc(C7CCC(=O)NC7=O)cc6)CC5)CC4)cn3)nc2n1C1CCCC1. The summed E-state index contributed by atoms with van der Waals surface area (Å²) in [6.07, 6.45) is 15.0. The average molecular weight is 718 g/mol. The Balaban J connectivity index is 0.813. The third-order valence-corrected chi connectivity index (χ3v) is 12.0. The fraction of sp³-hybridized carbons (Fsp3) is 0.512. The number of pyridine rings is 1. The van der Waals surface area contributed by atoms with Crippen molar-refractivity contribution in [3.63, 3.8) is 0 Å². The zero-order valence-corrected chi connectivity index (χ0v) is 31.0. The van der Waals surface area contributed by atoms with E-state index >= 15 is 0 Å². The van der Waals surface area contributed by atoms with Crippen molar-refractivity contribution < 1.29 is 14.4 Å². The number of likely N-dealkylation sites (tertiary alicyclic amines) is 1. The van der Waals surface area contributed by atoms with Crippen LogP contribution in [0.4, 0.5) is 17.5 Å². The molecule has 4 aliphatic rings. The number of aromatic nitrogens is 4. The lowest BCUT2D eigenvalue weighted by Crippen LogP contribution is -2.48. The molecule has 1 aliphatic carbocycles. The van der Waals surface area contributed by atoms with Crippen LogP contribution in [0.2, 0.25) is 0 Å². The summed E-state index contributed by atoms with van der Waals surface area (Å²) in [5, 5.41) is 6.65. The van der Waals surface area contributed by atoms with Crippen molar-refractivity contribution in [1.82, 2.24) is 34.6 Å². The molecule has 1 unspecified atom stereocenters. The molecule has 6 heterocycles. The molecule has 3 aliphatic heterocycles. The summed E-state index contributed by atoms with van der Waals surface area (Å²) in [5.74, 6) is 1.26. The van der Waals surface area contributed by atoms with Crippen LogP contribution < -0.4 is 15.5 Å². The summed E-state index contributed by atoms with van der Waals surface area (Å²) >= 11 is 0. The van der Waals surface area contributed by atoms with Gasteiger partial charge in [0.1, 0.15) is 17.2 Å². The van der Waals surface area contributed by atoms with Crippen LogP contribution in [0.5, 0.6) is 0 Å². The number of carbonyl (C=O) groups is 3. The first-order chi connectivity index (χ1) is 25.8. The monoisotopic (exact) mass is 717 g/mol. The van der Waals surface area contributed by atoms with Crippen molar-refractivity contribution in [2.45, 2.75) is 88.6 Å². The van der Waals surface area contributed by atoms with Gasteiger partial charge in [-0.2, -0.15) is 4.98 Å². The topological polar surface area (TPSA) is 129 Å². The highest BCUT2D eigenvalue weighted by atomic mass is 16.2. The number of hydrogen-bond donors (Lipinski definition) is 2. The summed E-state index contributed by atoms with van der Waals surface area (Å²) < 4.78 is 2.13. The molecule has 12 heteroatoms. The Bertz CT molecular complexity index is 1940. The van der Waals surface area contributed by atoms with E-state index in [1.807, 2.05) is 18.3 Å². The fourth-order valence-electron chi connectivity index (χ4n) is 9.00. The molecule has 3 saturated heterocycles. The van der Waals surface area contributed by atoms with Gasteiger partial charge in [-0.15, -0.1) is 0 Å².